The summed E-state index contributed by atoms with van der Waals surface area (Å²) in [5.74, 6) is -0.544. The quantitative estimate of drug-likeness (QED) is 0.378. The highest BCUT2D eigenvalue weighted by molar-refractivity contribution is 7.09. The molecule has 2 heterocycles. The highest BCUT2D eigenvalue weighted by atomic mass is 35.5. The van der Waals surface area contributed by atoms with Crippen molar-refractivity contribution in [2.75, 3.05) is 17.3 Å². The van der Waals surface area contributed by atoms with Crippen molar-refractivity contribution in [2.45, 2.75) is 6.42 Å². The molecular formula is C17H15ClN6O3S. The fourth-order valence-electron chi connectivity index (χ4n) is 2.32. The van der Waals surface area contributed by atoms with E-state index in [4.69, 9.17) is 11.6 Å². The first kappa shape index (κ1) is 19.5. The number of thiophene rings is 1. The summed E-state index contributed by atoms with van der Waals surface area (Å²) in [7, 11) is 0. The fourth-order valence-corrected chi connectivity index (χ4v) is 3.16. The molecule has 1 aromatic carbocycles. The maximum absolute atomic E-state index is 12.2. The van der Waals surface area contributed by atoms with Gasteiger partial charge in [-0.3, -0.25) is 25.8 Å². The molecule has 3 N–H and O–H groups in total. The van der Waals surface area contributed by atoms with Gasteiger partial charge < -0.3 is 5.32 Å². The minimum Gasteiger partial charge on any atom is -0.364 e. The number of nitrogens with zero attached hydrogens (tertiary/aromatic N) is 3. The average Bonchev–Trinajstić information content (AvgIpc) is 3.20. The van der Waals surface area contributed by atoms with Crippen LogP contribution >= 0.6 is 22.9 Å². The zero-order valence-corrected chi connectivity index (χ0v) is 16.0. The highest BCUT2D eigenvalue weighted by Gasteiger charge is 2.23. The van der Waals surface area contributed by atoms with E-state index in [0.717, 1.165) is 4.88 Å². The Labute approximate surface area is 168 Å². The third-order valence-corrected chi connectivity index (χ3v) is 4.84. The third-order valence-electron chi connectivity index (χ3n) is 3.65. The third kappa shape index (κ3) is 4.93. The second-order valence-electron chi connectivity index (χ2n) is 5.52. The Hall–Kier alpha value is -3.24. The van der Waals surface area contributed by atoms with Crippen LogP contribution in [0.3, 0.4) is 0 Å². The predicted octanol–water partition coefficient (Wildman–Crippen LogP) is 3.51. The number of hydrazine groups is 1. The van der Waals surface area contributed by atoms with Crippen molar-refractivity contribution in [1.29, 1.82) is 0 Å². The van der Waals surface area contributed by atoms with E-state index in [9.17, 15) is 14.9 Å². The van der Waals surface area contributed by atoms with Crippen LogP contribution in [0.25, 0.3) is 0 Å². The lowest BCUT2D eigenvalue weighted by Gasteiger charge is -2.11. The van der Waals surface area contributed by atoms with Crippen LogP contribution in [0.4, 0.5) is 17.3 Å². The fraction of sp³-hybridized carbons (Fsp3) is 0.118. The Balaban J connectivity index is 1.68. The second kappa shape index (κ2) is 9.11. The van der Waals surface area contributed by atoms with Gasteiger partial charge in [-0.05, 0) is 42.1 Å². The Morgan fingerprint density at radius 2 is 1.93 bits per heavy atom. The SMILES string of the molecule is O=C(NNc1ncnc(NCCc2cccs2)c1[N+](=O)[O-])c1ccc(Cl)cc1. The molecule has 11 heteroatoms. The summed E-state index contributed by atoms with van der Waals surface area (Å²) in [5.41, 5.74) is 4.85. The minimum absolute atomic E-state index is 0.0693. The van der Waals surface area contributed by atoms with E-state index in [2.05, 4.69) is 26.1 Å². The first-order valence-electron chi connectivity index (χ1n) is 8.12. The molecule has 9 nitrogen and oxygen atoms in total. The number of nitrogens with one attached hydrogen (secondary N) is 3. The van der Waals surface area contributed by atoms with Gasteiger partial charge in [-0.2, -0.15) is 0 Å². The molecule has 0 saturated heterocycles. The highest BCUT2D eigenvalue weighted by Crippen LogP contribution is 2.28. The van der Waals surface area contributed by atoms with Gasteiger partial charge in [0.05, 0.1) is 4.92 Å². The van der Waals surface area contributed by atoms with Crippen molar-refractivity contribution < 1.29 is 9.72 Å². The molecule has 0 aliphatic carbocycles. The molecule has 0 fully saturated rings. The minimum atomic E-state index is -0.607. The van der Waals surface area contributed by atoms with E-state index >= 15 is 0 Å². The molecule has 0 aliphatic rings. The van der Waals surface area contributed by atoms with E-state index in [1.54, 1.807) is 23.5 Å². The molecule has 0 saturated carbocycles. The lowest BCUT2D eigenvalue weighted by Crippen LogP contribution is -2.30. The van der Waals surface area contributed by atoms with Crippen LogP contribution in [0.15, 0.2) is 48.1 Å². The molecule has 144 valence electrons. The lowest BCUT2D eigenvalue weighted by atomic mass is 10.2. The molecule has 0 unspecified atom stereocenters. The number of halogens is 1. The van der Waals surface area contributed by atoms with Gasteiger partial charge >= 0.3 is 5.69 Å². The van der Waals surface area contributed by atoms with Crippen molar-refractivity contribution in [3.8, 4) is 0 Å². The smallest absolute Gasteiger partial charge is 0.354 e. The van der Waals surface area contributed by atoms with E-state index < -0.39 is 10.8 Å². The van der Waals surface area contributed by atoms with Crippen molar-refractivity contribution in [3.05, 3.63) is 73.7 Å². The number of carbonyl (C=O) groups is 1. The van der Waals surface area contributed by atoms with Gasteiger partial charge in [0, 0.05) is 22.0 Å². The second-order valence-corrected chi connectivity index (χ2v) is 6.99. The molecular weight excluding hydrogens is 404 g/mol. The average molecular weight is 419 g/mol. The van der Waals surface area contributed by atoms with Crippen molar-refractivity contribution in [1.82, 2.24) is 15.4 Å². The molecule has 3 rings (SSSR count). The van der Waals surface area contributed by atoms with E-state index in [1.165, 1.54) is 18.5 Å². The number of hydrogen-bond acceptors (Lipinski definition) is 8. The molecule has 0 bridgehead atoms. The van der Waals surface area contributed by atoms with Crippen molar-refractivity contribution in [3.63, 3.8) is 0 Å². The first-order chi connectivity index (χ1) is 13.5. The van der Waals surface area contributed by atoms with Crippen LogP contribution in [-0.4, -0.2) is 27.3 Å². The summed E-state index contributed by atoms with van der Waals surface area (Å²) in [6, 6.07) is 10.1. The number of aromatic nitrogens is 2. The number of nitro groups is 1. The Kier molecular flexibility index (Phi) is 6.35. The lowest BCUT2D eigenvalue weighted by molar-refractivity contribution is -0.383. The van der Waals surface area contributed by atoms with Gasteiger partial charge in [0.2, 0.25) is 11.6 Å². The summed E-state index contributed by atoms with van der Waals surface area (Å²) in [4.78, 5) is 32.0. The van der Waals surface area contributed by atoms with Crippen LogP contribution in [0.1, 0.15) is 15.2 Å². The van der Waals surface area contributed by atoms with Crippen molar-refractivity contribution in [2.24, 2.45) is 0 Å². The summed E-state index contributed by atoms with van der Waals surface area (Å²) in [5, 5.41) is 16.9. The number of carbonyl (C=O) groups excluding carboxylic acids is 1. The molecule has 0 atom stereocenters. The molecule has 2 aromatic heterocycles. The topological polar surface area (TPSA) is 122 Å². The molecule has 0 radical (unpaired) electrons. The number of amides is 1. The van der Waals surface area contributed by atoms with Crippen LogP contribution in [0, 0.1) is 10.1 Å². The van der Waals surface area contributed by atoms with E-state index in [0.29, 0.717) is 23.6 Å². The normalized spacial score (nSPS) is 10.3. The summed E-state index contributed by atoms with van der Waals surface area (Å²) >= 11 is 7.40. The van der Waals surface area contributed by atoms with Gasteiger partial charge in [0.1, 0.15) is 6.33 Å². The van der Waals surface area contributed by atoms with Crippen molar-refractivity contribution >= 4 is 46.2 Å². The molecule has 0 aliphatic heterocycles. The zero-order valence-electron chi connectivity index (χ0n) is 14.4. The maximum atomic E-state index is 12.2. The Morgan fingerprint density at radius 3 is 2.61 bits per heavy atom. The largest absolute Gasteiger partial charge is 0.364 e. The van der Waals surface area contributed by atoms with Crippen LogP contribution < -0.4 is 16.2 Å². The van der Waals surface area contributed by atoms with Gasteiger partial charge in [0.25, 0.3) is 5.91 Å². The zero-order chi connectivity index (χ0) is 19.9. The van der Waals surface area contributed by atoms with Crippen LogP contribution in [0.2, 0.25) is 5.02 Å². The number of rotatable bonds is 8. The van der Waals surface area contributed by atoms with Gasteiger partial charge in [-0.25, -0.2) is 9.97 Å². The summed E-state index contributed by atoms with van der Waals surface area (Å²) in [6.45, 7) is 0.467. The van der Waals surface area contributed by atoms with Crippen LogP contribution in [-0.2, 0) is 6.42 Å². The number of hydrogen-bond donors (Lipinski definition) is 3. The molecule has 0 spiro atoms. The van der Waals surface area contributed by atoms with Gasteiger partial charge in [-0.15, -0.1) is 11.3 Å². The van der Waals surface area contributed by atoms with Crippen LogP contribution in [0.5, 0.6) is 0 Å². The van der Waals surface area contributed by atoms with E-state index in [1.807, 2.05) is 17.5 Å². The first-order valence-corrected chi connectivity index (χ1v) is 9.38. The summed E-state index contributed by atoms with van der Waals surface area (Å²) < 4.78 is 0. The predicted molar refractivity (Wildman–Crippen MR) is 108 cm³/mol. The van der Waals surface area contributed by atoms with Gasteiger partial charge in [-0.1, -0.05) is 17.7 Å². The Morgan fingerprint density at radius 1 is 1.18 bits per heavy atom. The standard InChI is InChI=1S/C17H15ClN6O3S/c18-12-5-3-11(4-6-12)17(25)23-22-16-14(24(26)27)15(20-10-21-16)19-8-7-13-2-1-9-28-13/h1-6,9-10H,7-8H2,(H,23,25)(H2,19,20,21,22). The molecule has 1 amide bonds. The Bertz CT molecular complexity index is 966. The number of benzene rings is 1. The maximum Gasteiger partial charge on any atom is 0.354 e. The molecule has 28 heavy (non-hydrogen) atoms. The summed E-state index contributed by atoms with van der Waals surface area (Å²) in [6.07, 6.45) is 1.88. The molecule has 3 aromatic rings. The van der Waals surface area contributed by atoms with E-state index in [-0.39, 0.29) is 17.3 Å². The monoisotopic (exact) mass is 418 g/mol. The number of anilines is 2. The van der Waals surface area contributed by atoms with Gasteiger partial charge in [0.15, 0.2) is 0 Å².